The summed E-state index contributed by atoms with van der Waals surface area (Å²) in [5.74, 6) is 0. The third-order valence-electron chi connectivity index (χ3n) is 3.78. The van der Waals surface area contributed by atoms with Crippen LogP contribution in [0.3, 0.4) is 0 Å². The zero-order valence-electron chi connectivity index (χ0n) is 12.9. The molecular weight excluding hydrogens is 288 g/mol. The zero-order chi connectivity index (χ0) is 15.9. The van der Waals surface area contributed by atoms with Crippen LogP contribution in [0.5, 0.6) is 0 Å². The Kier molecular flexibility index (Phi) is 4.88. The molecule has 5 nitrogen and oxygen atoms in total. The molecule has 0 atom stereocenters. The van der Waals surface area contributed by atoms with E-state index in [-0.39, 0.29) is 6.03 Å². The highest BCUT2D eigenvalue weighted by atomic mass is 16.2. The number of nitrogens with one attached hydrogen (secondary N) is 2. The number of nitrogens with zero attached hydrogens (tertiary/aromatic N) is 2. The lowest BCUT2D eigenvalue weighted by atomic mass is 10.2. The maximum absolute atomic E-state index is 11.7. The molecular formula is C18H20N4O. The van der Waals surface area contributed by atoms with E-state index in [4.69, 9.17) is 0 Å². The van der Waals surface area contributed by atoms with Gasteiger partial charge in [0.15, 0.2) is 0 Å². The molecule has 2 aromatic carbocycles. The van der Waals surface area contributed by atoms with Crippen LogP contribution in [0.15, 0.2) is 59.7 Å². The van der Waals surface area contributed by atoms with Crippen LogP contribution < -0.4 is 15.6 Å². The van der Waals surface area contributed by atoms with Gasteiger partial charge >= 0.3 is 6.03 Å². The number of benzene rings is 2. The van der Waals surface area contributed by atoms with Crippen LogP contribution in [0, 0.1) is 0 Å². The first kappa shape index (κ1) is 15.1. The molecule has 5 heteroatoms. The minimum Gasteiger partial charge on any atom is -0.372 e. The molecule has 3 rings (SSSR count). The van der Waals surface area contributed by atoms with Gasteiger partial charge in [-0.05, 0) is 42.7 Å². The van der Waals surface area contributed by atoms with Gasteiger partial charge < -0.3 is 10.2 Å². The molecule has 0 aromatic heterocycles. The normalized spacial score (nSPS) is 14.2. The van der Waals surface area contributed by atoms with Gasteiger partial charge in [-0.15, -0.1) is 0 Å². The smallest absolute Gasteiger partial charge is 0.339 e. The predicted molar refractivity (Wildman–Crippen MR) is 94.1 cm³/mol. The molecule has 1 saturated heterocycles. The van der Waals surface area contributed by atoms with Crippen molar-refractivity contribution in [3.63, 3.8) is 0 Å². The predicted octanol–water partition coefficient (Wildman–Crippen LogP) is 3.44. The van der Waals surface area contributed by atoms with Crippen LogP contribution in [0.2, 0.25) is 0 Å². The van der Waals surface area contributed by atoms with Crippen molar-refractivity contribution in [1.82, 2.24) is 5.43 Å². The van der Waals surface area contributed by atoms with Gasteiger partial charge in [-0.1, -0.05) is 30.3 Å². The van der Waals surface area contributed by atoms with E-state index in [1.807, 2.05) is 42.5 Å². The second kappa shape index (κ2) is 7.45. The van der Waals surface area contributed by atoms with Crippen LogP contribution in [0.25, 0.3) is 0 Å². The van der Waals surface area contributed by atoms with Crippen LogP contribution >= 0.6 is 0 Å². The highest BCUT2D eigenvalue weighted by Gasteiger charge is 2.11. The van der Waals surface area contributed by atoms with E-state index in [1.165, 1.54) is 18.5 Å². The number of para-hydroxylation sites is 1. The Hall–Kier alpha value is -2.82. The first-order valence-electron chi connectivity index (χ1n) is 7.81. The van der Waals surface area contributed by atoms with Gasteiger partial charge in [0.05, 0.1) is 6.21 Å². The molecule has 2 aromatic rings. The summed E-state index contributed by atoms with van der Waals surface area (Å²) in [6, 6.07) is 17.1. The monoisotopic (exact) mass is 308 g/mol. The van der Waals surface area contributed by atoms with Crippen molar-refractivity contribution in [1.29, 1.82) is 0 Å². The summed E-state index contributed by atoms with van der Waals surface area (Å²) in [4.78, 5) is 14.1. The fourth-order valence-electron chi connectivity index (χ4n) is 2.59. The molecule has 2 N–H and O–H groups in total. The molecule has 1 aliphatic heterocycles. The standard InChI is InChI=1S/C18H20N4O/c23-18(20-16-6-2-1-3-7-16)21-19-14-15-8-10-17(11-9-15)22-12-4-5-13-22/h1-3,6-11,14H,4-5,12-13H2,(H2,20,21,23)/b19-14+. The van der Waals surface area contributed by atoms with E-state index >= 15 is 0 Å². The van der Waals surface area contributed by atoms with Crippen molar-refractivity contribution in [2.75, 3.05) is 23.3 Å². The number of hydrogen-bond acceptors (Lipinski definition) is 3. The largest absolute Gasteiger partial charge is 0.372 e. The quantitative estimate of drug-likeness (QED) is 0.671. The molecule has 2 amide bonds. The molecule has 0 aliphatic carbocycles. The number of carbonyl (C=O) groups excluding carboxylic acids is 1. The number of anilines is 2. The van der Waals surface area contributed by atoms with E-state index in [1.54, 1.807) is 6.21 Å². The summed E-state index contributed by atoms with van der Waals surface area (Å²) < 4.78 is 0. The molecule has 118 valence electrons. The van der Waals surface area contributed by atoms with Gasteiger partial charge in [0.25, 0.3) is 0 Å². The lowest BCUT2D eigenvalue weighted by Crippen LogP contribution is -2.24. The van der Waals surface area contributed by atoms with Crippen molar-refractivity contribution in [2.24, 2.45) is 5.10 Å². The minimum absolute atomic E-state index is 0.360. The lowest BCUT2D eigenvalue weighted by Gasteiger charge is -2.17. The minimum atomic E-state index is -0.360. The highest BCUT2D eigenvalue weighted by molar-refractivity contribution is 5.90. The number of urea groups is 1. The average molecular weight is 308 g/mol. The summed E-state index contributed by atoms with van der Waals surface area (Å²) >= 11 is 0. The number of hydrazone groups is 1. The van der Waals surface area contributed by atoms with Crippen LogP contribution in [0.1, 0.15) is 18.4 Å². The lowest BCUT2D eigenvalue weighted by molar-refractivity contribution is 0.252. The molecule has 1 heterocycles. The van der Waals surface area contributed by atoms with Crippen LogP contribution in [-0.4, -0.2) is 25.3 Å². The number of rotatable bonds is 4. The molecule has 1 aliphatic rings. The Morgan fingerprint density at radius 1 is 1.00 bits per heavy atom. The first-order valence-corrected chi connectivity index (χ1v) is 7.81. The highest BCUT2D eigenvalue weighted by Crippen LogP contribution is 2.19. The topological polar surface area (TPSA) is 56.7 Å². The Balaban J connectivity index is 1.50. The molecule has 0 bridgehead atoms. The van der Waals surface area contributed by atoms with E-state index < -0.39 is 0 Å². The van der Waals surface area contributed by atoms with Crippen molar-refractivity contribution in [3.05, 3.63) is 60.2 Å². The SMILES string of the molecule is O=C(N/N=C/c1ccc(N2CCCC2)cc1)Nc1ccccc1. The van der Waals surface area contributed by atoms with Crippen LogP contribution in [-0.2, 0) is 0 Å². The fourth-order valence-corrected chi connectivity index (χ4v) is 2.59. The average Bonchev–Trinajstić information content (AvgIpc) is 3.11. The second-order valence-corrected chi connectivity index (χ2v) is 5.48. The van der Waals surface area contributed by atoms with E-state index in [9.17, 15) is 4.79 Å². The summed E-state index contributed by atoms with van der Waals surface area (Å²) in [6.07, 6.45) is 4.17. The maximum atomic E-state index is 11.7. The van der Waals surface area contributed by atoms with Gasteiger partial charge in [-0.25, -0.2) is 10.2 Å². The molecule has 0 saturated carbocycles. The molecule has 23 heavy (non-hydrogen) atoms. The summed E-state index contributed by atoms with van der Waals surface area (Å²) in [5.41, 5.74) is 5.39. The molecule has 1 fully saturated rings. The second-order valence-electron chi connectivity index (χ2n) is 5.48. The maximum Gasteiger partial charge on any atom is 0.339 e. The van der Waals surface area contributed by atoms with Crippen molar-refractivity contribution >= 4 is 23.6 Å². The Morgan fingerprint density at radius 2 is 1.70 bits per heavy atom. The number of carbonyl (C=O) groups is 1. The van der Waals surface area contributed by atoms with Gasteiger partial charge in [0.2, 0.25) is 0 Å². The molecule has 0 spiro atoms. The zero-order valence-corrected chi connectivity index (χ0v) is 12.9. The summed E-state index contributed by atoms with van der Waals surface area (Å²) in [7, 11) is 0. The Morgan fingerprint density at radius 3 is 2.39 bits per heavy atom. The van der Waals surface area contributed by atoms with Crippen molar-refractivity contribution < 1.29 is 4.79 Å². The first-order chi connectivity index (χ1) is 11.3. The number of amides is 2. The summed E-state index contributed by atoms with van der Waals surface area (Å²) in [6.45, 7) is 2.27. The Bertz CT molecular complexity index is 661. The van der Waals surface area contributed by atoms with Crippen LogP contribution in [0.4, 0.5) is 16.2 Å². The van der Waals surface area contributed by atoms with Gasteiger partial charge in [0, 0.05) is 24.5 Å². The van der Waals surface area contributed by atoms with E-state index in [0.717, 1.165) is 24.3 Å². The van der Waals surface area contributed by atoms with E-state index in [2.05, 4.69) is 32.9 Å². The van der Waals surface area contributed by atoms with Gasteiger partial charge in [-0.2, -0.15) is 5.10 Å². The number of hydrogen-bond donors (Lipinski definition) is 2. The molecule has 0 radical (unpaired) electrons. The van der Waals surface area contributed by atoms with Crippen molar-refractivity contribution in [3.8, 4) is 0 Å². The molecule has 0 unspecified atom stereocenters. The Labute approximate surface area is 136 Å². The fraction of sp³-hybridized carbons (Fsp3) is 0.222. The third-order valence-corrected chi connectivity index (χ3v) is 3.78. The van der Waals surface area contributed by atoms with E-state index in [0.29, 0.717) is 0 Å². The van der Waals surface area contributed by atoms with Crippen molar-refractivity contribution in [2.45, 2.75) is 12.8 Å². The van der Waals surface area contributed by atoms with Gasteiger partial charge in [0.1, 0.15) is 0 Å². The van der Waals surface area contributed by atoms with Gasteiger partial charge in [-0.3, -0.25) is 0 Å². The third kappa shape index (κ3) is 4.32. The summed E-state index contributed by atoms with van der Waals surface area (Å²) in [5, 5.41) is 6.67.